The van der Waals surface area contributed by atoms with E-state index < -0.39 is 4.92 Å². The fourth-order valence-corrected chi connectivity index (χ4v) is 3.19. The molecule has 1 aliphatic heterocycles. The van der Waals surface area contributed by atoms with E-state index in [4.69, 9.17) is 5.73 Å². The Morgan fingerprint density at radius 3 is 2.71 bits per heavy atom. The third-order valence-electron chi connectivity index (χ3n) is 4.62. The molecule has 1 aliphatic rings. The van der Waals surface area contributed by atoms with Crippen molar-refractivity contribution in [3.05, 3.63) is 21.5 Å². The first-order chi connectivity index (χ1) is 10.8. The van der Waals surface area contributed by atoms with Crippen molar-refractivity contribution in [2.24, 2.45) is 11.7 Å². The number of rotatable bonds is 5. The van der Waals surface area contributed by atoms with Gasteiger partial charge < -0.3 is 10.6 Å². The van der Waals surface area contributed by atoms with Crippen LogP contribution in [0.25, 0.3) is 0 Å². The van der Waals surface area contributed by atoms with Crippen LogP contribution < -0.4 is 5.73 Å². The summed E-state index contributed by atoms with van der Waals surface area (Å²) >= 11 is 0. The number of amides is 1. The number of nitrogens with zero attached hydrogens (tertiary/aromatic N) is 4. The summed E-state index contributed by atoms with van der Waals surface area (Å²) in [6, 6.07) is 0.0873. The van der Waals surface area contributed by atoms with Crippen LogP contribution in [0.5, 0.6) is 0 Å². The van der Waals surface area contributed by atoms with Crippen LogP contribution in [0.2, 0.25) is 0 Å². The molecule has 1 amide bonds. The number of carbonyl (C=O) groups excluding carboxylic acids is 1. The average Bonchev–Trinajstić information content (AvgIpc) is 2.79. The number of hydrogen-bond acceptors (Lipinski definition) is 5. The Morgan fingerprint density at radius 1 is 1.50 bits per heavy atom. The van der Waals surface area contributed by atoms with Gasteiger partial charge in [-0.15, -0.1) is 12.4 Å². The lowest BCUT2D eigenvalue weighted by Crippen LogP contribution is -2.45. The van der Waals surface area contributed by atoms with Crippen LogP contribution in [0, 0.1) is 29.9 Å². The lowest BCUT2D eigenvalue weighted by atomic mass is 9.92. The lowest BCUT2D eigenvalue weighted by Gasteiger charge is -2.34. The molecule has 2 heterocycles. The highest BCUT2D eigenvalue weighted by molar-refractivity contribution is 5.85. The van der Waals surface area contributed by atoms with Gasteiger partial charge in [-0.1, -0.05) is 0 Å². The predicted octanol–water partition coefficient (Wildman–Crippen LogP) is 1.81. The number of aromatic nitrogens is 2. The molecule has 0 spiro atoms. The summed E-state index contributed by atoms with van der Waals surface area (Å²) in [6.07, 6.45) is 2.33. The first kappa shape index (κ1) is 20.4. The number of aryl methyl sites for hydroxylation is 2. The second-order valence-corrected chi connectivity index (χ2v) is 6.35. The predicted molar refractivity (Wildman–Crippen MR) is 93.2 cm³/mol. The van der Waals surface area contributed by atoms with Gasteiger partial charge in [-0.05, 0) is 39.5 Å². The first-order valence-corrected chi connectivity index (χ1v) is 8.03. The van der Waals surface area contributed by atoms with Crippen molar-refractivity contribution in [2.45, 2.75) is 52.6 Å². The van der Waals surface area contributed by atoms with Crippen LogP contribution in [-0.4, -0.2) is 44.6 Å². The van der Waals surface area contributed by atoms with Crippen LogP contribution in [0.3, 0.4) is 0 Å². The van der Waals surface area contributed by atoms with Crippen LogP contribution in [0.15, 0.2) is 0 Å². The minimum absolute atomic E-state index is 0. The molecule has 1 aromatic heterocycles. The maximum Gasteiger partial charge on any atom is 0.312 e. The van der Waals surface area contributed by atoms with Crippen molar-refractivity contribution in [3.8, 4) is 0 Å². The molecule has 2 unspecified atom stereocenters. The van der Waals surface area contributed by atoms with Crippen molar-refractivity contribution in [1.82, 2.24) is 14.7 Å². The zero-order chi connectivity index (χ0) is 17.1. The lowest BCUT2D eigenvalue weighted by molar-refractivity contribution is -0.386. The van der Waals surface area contributed by atoms with Gasteiger partial charge in [-0.3, -0.25) is 19.6 Å². The van der Waals surface area contributed by atoms with Crippen LogP contribution >= 0.6 is 12.4 Å². The summed E-state index contributed by atoms with van der Waals surface area (Å²) in [5, 5.41) is 15.2. The molecule has 8 nitrogen and oxygen atoms in total. The van der Waals surface area contributed by atoms with Gasteiger partial charge >= 0.3 is 5.69 Å². The normalized spacial score (nSPS) is 18.8. The van der Waals surface area contributed by atoms with Crippen molar-refractivity contribution >= 4 is 24.0 Å². The van der Waals surface area contributed by atoms with Gasteiger partial charge in [-0.2, -0.15) is 5.10 Å². The van der Waals surface area contributed by atoms with Gasteiger partial charge in [0, 0.05) is 25.6 Å². The molecule has 1 fully saturated rings. The van der Waals surface area contributed by atoms with Gasteiger partial charge in [0.1, 0.15) is 11.4 Å². The summed E-state index contributed by atoms with van der Waals surface area (Å²) in [5.41, 5.74) is 6.86. The molecule has 2 N–H and O–H groups in total. The van der Waals surface area contributed by atoms with E-state index in [2.05, 4.69) is 5.10 Å². The van der Waals surface area contributed by atoms with Crippen LogP contribution in [0.4, 0.5) is 5.69 Å². The van der Waals surface area contributed by atoms with Gasteiger partial charge in [0.15, 0.2) is 0 Å². The maximum absolute atomic E-state index is 12.4. The summed E-state index contributed by atoms with van der Waals surface area (Å²) in [6.45, 7) is 7.08. The third kappa shape index (κ3) is 4.45. The van der Waals surface area contributed by atoms with E-state index >= 15 is 0 Å². The van der Waals surface area contributed by atoms with Crippen molar-refractivity contribution in [3.63, 3.8) is 0 Å². The topological polar surface area (TPSA) is 107 Å². The van der Waals surface area contributed by atoms with Gasteiger partial charge in [0.05, 0.1) is 11.5 Å². The minimum Gasteiger partial charge on any atom is -0.342 e. The second kappa shape index (κ2) is 8.43. The fraction of sp³-hybridized carbons (Fsp3) is 0.733. The number of carbonyl (C=O) groups is 1. The largest absolute Gasteiger partial charge is 0.342 e. The van der Waals surface area contributed by atoms with E-state index in [9.17, 15) is 14.9 Å². The molecule has 1 aromatic rings. The zero-order valence-corrected chi connectivity index (χ0v) is 15.2. The molecule has 136 valence electrons. The van der Waals surface area contributed by atoms with Crippen molar-refractivity contribution in [1.29, 1.82) is 0 Å². The van der Waals surface area contributed by atoms with Crippen molar-refractivity contribution < 1.29 is 9.72 Å². The standard InChI is InChI=1S/C15H25N5O3.ClH/c1-10(16)13-5-4-7-18(9-13)14(21)6-8-19-12(3)15(20(22)23)11(2)17-19;/h10,13H,4-9,16H2,1-3H3;1H. The number of halogens is 1. The molecular weight excluding hydrogens is 334 g/mol. The van der Waals surface area contributed by atoms with E-state index in [-0.39, 0.29) is 30.0 Å². The van der Waals surface area contributed by atoms with Gasteiger partial charge in [0.2, 0.25) is 5.91 Å². The molecule has 0 aliphatic carbocycles. The highest BCUT2D eigenvalue weighted by Crippen LogP contribution is 2.23. The molecule has 2 rings (SSSR count). The molecule has 24 heavy (non-hydrogen) atoms. The average molecular weight is 360 g/mol. The number of hydrogen-bond donors (Lipinski definition) is 1. The quantitative estimate of drug-likeness (QED) is 0.637. The number of likely N-dealkylation sites (tertiary alicyclic amines) is 1. The van der Waals surface area contributed by atoms with Crippen molar-refractivity contribution in [2.75, 3.05) is 13.1 Å². The Labute approximate surface area is 147 Å². The van der Waals surface area contributed by atoms with Crippen LogP contribution in [-0.2, 0) is 11.3 Å². The second-order valence-electron chi connectivity index (χ2n) is 6.35. The van der Waals surface area contributed by atoms with Gasteiger partial charge in [0.25, 0.3) is 0 Å². The number of nitrogens with two attached hydrogens (primary N) is 1. The monoisotopic (exact) mass is 359 g/mol. The Bertz CT molecular complexity index is 602. The number of piperidine rings is 1. The molecule has 0 aromatic carbocycles. The SMILES string of the molecule is Cc1nn(CCC(=O)N2CCCC(C(C)N)C2)c(C)c1[N+](=O)[O-].Cl. The Morgan fingerprint density at radius 2 is 2.17 bits per heavy atom. The summed E-state index contributed by atoms with van der Waals surface area (Å²) in [4.78, 5) is 24.8. The zero-order valence-electron chi connectivity index (χ0n) is 14.4. The number of nitro groups is 1. The van der Waals surface area contributed by atoms with Gasteiger partial charge in [-0.25, -0.2) is 0 Å². The Kier molecular flexibility index (Phi) is 7.16. The Hall–Kier alpha value is -1.67. The first-order valence-electron chi connectivity index (χ1n) is 8.03. The fourth-order valence-electron chi connectivity index (χ4n) is 3.19. The molecule has 0 bridgehead atoms. The maximum atomic E-state index is 12.4. The van der Waals surface area contributed by atoms with Crippen LogP contribution in [0.1, 0.15) is 37.6 Å². The molecule has 1 saturated heterocycles. The molecule has 2 atom stereocenters. The van der Waals surface area contributed by atoms with E-state index in [0.717, 1.165) is 19.4 Å². The van der Waals surface area contributed by atoms with E-state index in [0.29, 0.717) is 36.8 Å². The highest BCUT2D eigenvalue weighted by atomic mass is 35.5. The minimum atomic E-state index is -0.423. The van der Waals surface area contributed by atoms with E-state index in [1.165, 1.54) is 0 Å². The smallest absolute Gasteiger partial charge is 0.312 e. The summed E-state index contributed by atoms with van der Waals surface area (Å²) in [7, 11) is 0. The molecular formula is C15H26ClN5O3. The summed E-state index contributed by atoms with van der Waals surface area (Å²) in [5.74, 6) is 0.410. The van der Waals surface area contributed by atoms with E-state index in [1.54, 1.807) is 18.5 Å². The summed E-state index contributed by atoms with van der Waals surface area (Å²) < 4.78 is 1.55. The third-order valence-corrected chi connectivity index (χ3v) is 4.62. The molecule has 0 radical (unpaired) electrons. The Balaban J connectivity index is 0.00000288. The van der Waals surface area contributed by atoms with E-state index in [1.807, 2.05) is 11.8 Å². The highest BCUT2D eigenvalue weighted by Gasteiger charge is 2.26. The molecule has 9 heteroatoms. The molecule has 0 saturated carbocycles.